The predicted molar refractivity (Wildman–Crippen MR) is 81.0 cm³/mol. The molecule has 3 nitrogen and oxygen atoms in total. The lowest BCUT2D eigenvalue weighted by atomic mass is 9.76. The highest BCUT2D eigenvalue weighted by Crippen LogP contribution is 2.38. The molecule has 0 aromatic heterocycles. The fourth-order valence-corrected chi connectivity index (χ4v) is 3.57. The quantitative estimate of drug-likeness (QED) is 0.833. The normalized spacial score (nSPS) is 30.3. The van der Waals surface area contributed by atoms with Crippen molar-refractivity contribution in [1.29, 1.82) is 5.26 Å². The van der Waals surface area contributed by atoms with E-state index in [9.17, 15) is 0 Å². The number of hydrogen-bond acceptors (Lipinski definition) is 3. The van der Waals surface area contributed by atoms with Crippen LogP contribution in [0.1, 0.15) is 49.1 Å². The molecule has 2 aliphatic rings. The average molecular weight is 285 g/mol. The van der Waals surface area contributed by atoms with Crippen molar-refractivity contribution < 1.29 is 9.47 Å². The van der Waals surface area contributed by atoms with Crippen LogP contribution in [0.25, 0.3) is 0 Å². The summed E-state index contributed by atoms with van der Waals surface area (Å²) in [7, 11) is 0. The Morgan fingerprint density at radius 1 is 1.00 bits per heavy atom. The molecule has 1 heterocycles. The zero-order valence-corrected chi connectivity index (χ0v) is 12.5. The summed E-state index contributed by atoms with van der Waals surface area (Å²) in [6, 6.07) is 10.3. The molecule has 3 rings (SSSR count). The van der Waals surface area contributed by atoms with Crippen LogP contribution in [-0.2, 0) is 9.47 Å². The maximum atomic E-state index is 8.87. The van der Waals surface area contributed by atoms with Crippen LogP contribution >= 0.6 is 0 Å². The van der Waals surface area contributed by atoms with Gasteiger partial charge >= 0.3 is 0 Å². The highest BCUT2D eigenvalue weighted by molar-refractivity contribution is 5.33. The van der Waals surface area contributed by atoms with Crippen LogP contribution in [0.4, 0.5) is 0 Å². The molecule has 1 saturated carbocycles. The fraction of sp³-hybridized carbons (Fsp3) is 0.611. The second-order valence-corrected chi connectivity index (χ2v) is 6.18. The Morgan fingerprint density at radius 2 is 1.76 bits per heavy atom. The third-order valence-electron chi connectivity index (χ3n) is 4.86. The largest absolute Gasteiger partial charge is 0.379 e. The summed E-state index contributed by atoms with van der Waals surface area (Å²) in [5, 5.41) is 8.87. The van der Waals surface area contributed by atoms with Gasteiger partial charge in [0.05, 0.1) is 24.3 Å². The fourth-order valence-electron chi connectivity index (χ4n) is 3.57. The summed E-state index contributed by atoms with van der Waals surface area (Å²) in [5.41, 5.74) is 2.13. The molecule has 0 N–H and O–H groups in total. The van der Waals surface area contributed by atoms with Gasteiger partial charge in [0, 0.05) is 13.2 Å². The van der Waals surface area contributed by atoms with Gasteiger partial charge in [-0.25, -0.2) is 0 Å². The van der Waals surface area contributed by atoms with E-state index in [4.69, 9.17) is 14.7 Å². The molecule has 112 valence electrons. The molecule has 1 aliphatic heterocycles. The van der Waals surface area contributed by atoms with E-state index in [0.29, 0.717) is 17.9 Å². The molecule has 0 bridgehead atoms. The van der Waals surface area contributed by atoms with E-state index in [-0.39, 0.29) is 0 Å². The molecule has 0 amide bonds. The molecule has 1 atom stereocenters. The van der Waals surface area contributed by atoms with Crippen LogP contribution < -0.4 is 0 Å². The van der Waals surface area contributed by atoms with Gasteiger partial charge in [0.25, 0.3) is 0 Å². The van der Waals surface area contributed by atoms with Crippen molar-refractivity contribution in [2.24, 2.45) is 5.92 Å². The highest BCUT2D eigenvalue weighted by atomic mass is 16.5. The van der Waals surface area contributed by atoms with E-state index in [1.165, 1.54) is 31.2 Å². The highest BCUT2D eigenvalue weighted by Gasteiger charge is 2.29. The number of rotatable bonds is 2. The summed E-state index contributed by atoms with van der Waals surface area (Å²) >= 11 is 0. The number of hydrogen-bond donors (Lipinski definition) is 0. The Bertz CT molecular complexity index is 475. The standard InChI is InChI=1S/C18H23NO2/c19-12-14-2-4-15(5-3-14)16-6-8-17(9-7-16)18-13-20-10-1-11-21-18/h2-5,16-18H,1,6-11,13H2. The van der Waals surface area contributed by atoms with Crippen molar-refractivity contribution in [2.75, 3.05) is 19.8 Å². The monoisotopic (exact) mass is 285 g/mol. The van der Waals surface area contributed by atoms with Crippen LogP contribution in [0.15, 0.2) is 24.3 Å². The Kier molecular flexibility index (Phi) is 4.90. The minimum absolute atomic E-state index is 0.300. The summed E-state index contributed by atoms with van der Waals surface area (Å²) in [6.07, 6.45) is 6.20. The molecule has 0 radical (unpaired) electrons. The zero-order chi connectivity index (χ0) is 14.5. The minimum Gasteiger partial charge on any atom is -0.379 e. The van der Waals surface area contributed by atoms with Gasteiger partial charge in [-0.15, -0.1) is 0 Å². The molecule has 2 fully saturated rings. The van der Waals surface area contributed by atoms with E-state index in [1.54, 1.807) is 0 Å². The molecule has 1 aliphatic carbocycles. The molecule has 3 heteroatoms. The first-order valence-electron chi connectivity index (χ1n) is 8.06. The maximum Gasteiger partial charge on any atom is 0.0991 e. The van der Waals surface area contributed by atoms with Crippen LogP contribution in [0.2, 0.25) is 0 Å². The van der Waals surface area contributed by atoms with Gasteiger partial charge in [-0.3, -0.25) is 0 Å². The predicted octanol–water partition coefficient (Wildman–Crippen LogP) is 3.64. The van der Waals surface area contributed by atoms with Gasteiger partial charge in [0.1, 0.15) is 0 Å². The first kappa shape index (κ1) is 14.6. The average Bonchev–Trinajstić information content (AvgIpc) is 2.84. The van der Waals surface area contributed by atoms with Crippen LogP contribution in [0, 0.1) is 17.2 Å². The molecule has 21 heavy (non-hydrogen) atoms. The smallest absolute Gasteiger partial charge is 0.0991 e. The van der Waals surface area contributed by atoms with Crippen molar-refractivity contribution in [2.45, 2.75) is 44.1 Å². The van der Waals surface area contributed by atoms with Crippen LogP contribution in [0.3, 0.4) is 0 Å². The van der Waals surface area contributed by atoms with Crippen LogP contribution in [0.5, 0.6) is 0 Å². The van der Waals surface area contributed by atoms with Gasteiger partial charge in [0.15, 0.2) is 0 Å². The lowest BCUT2D eigenvalue weighted by molar-refractivity contribution is -0.0225. The van der Waals surface area contributed by atoms with E-state index >= 15 is 0 Å². The lowest BCUT2D eigenvalue weighted by Crippen LogP contribution is -2.30. The Labute approximate surface area is 126 Å². The Balaban J connectivity index is 1.55. The first-order valence-corrected chi connectivity index (χ1v) is 8.06. The van der Waals surface area contributed by atoms with Gasteiger partial charge in [0.2, 0.25) is 0 Å². The summed E-state index contributed by atoms with van der Waals surface area (Å²) in [6.45, 7) is 2.46. The maximum absolute atomic E-state index is 8.87. The van der Waals surface area contributed by atoms with Crippen molar-refractivity contribution in [3.8, 4) is 6.07 Å². The van der Waals surface area contributed by atoms with E-state index in [1.807, 2.05) is 12.1 Å². The summed E-state index contributed by atoms with van der Waals surface area (Å²) < 4.78 is 11.6. The van der Waals surface area contributed by atoms with Crippen molar-refractivity contribution in [1.82, 2.24) is 0 Å². The van der Waals surface area contributed by atoms with Crippen molar-refractivity contribution >= 4 is 0 Å². The van der Waals surface area contributed by atoms with Crippen molar-refractivity contribution in [3.63, 3.8) is 0 Å². The van der Waals surface area contributed by atoms with Gasteiger partial charge in [-0.05, 0) is 61.6 Å². The Morgan fingerprint density at radius 3 is 2.48 bits per heavy atom. The van der Waals surface area contributed by atoms with Gasteiger partial charge in [-0.2, -0.15) is 5.26 Å². The number of nitrogens with zero attached hydrogens (tertiary/aromatic N) is 1. The second kappa shape index (κ2) is 7.06. The minimum atomic E-state index is 0.300. The molecule has 1 saturated heterocycles. The molecule has 1 aromatic carbocycles. The third kappa shape index (κ3) is 3.64. The van der Waals surface area contributed by atoms with Crippen molar-refractivity contribution in [3.05, 3.63) is 35.4 Å². The summed E-state index contributed by atoms with van der Waals surface area (Å²) in [4.78, 5) is 0. The summed E-state index contributed by atoms with van der Waals surface area (Å²) in [5.74, 6) is 1.29. The molecular formula is C18H23NO2. The Hall–Kier alpha value is -1.37. The first-order chi connectivity index (χ1) is 10.4. The zero-order valence-electron chi connectivity index (χ0n) is 12.5. The van der Waals surface area contributed by atoms with Crippen LogP contribution in [-0.4, -0.2) is 25.9 Å². The van der Waals surface area contributed by atoms with E-state index in [0.717, 1.165) is 31.8 Å². The van der Waals surface area contributed by atoms with Gasteiger partial charge in [-0.1, -0.05) is 12.1 Å². The lowest BCUT2D eigenvalue weighted by Gasteiger charge is -2.33. The topological polar surface area (TPSA) is 42.2 Å². The van der Waals surface area contributed by atoms with E-state index in [2.05, 4.69) is 18.2 Å². The second-order valence-electron chi connectivity index (χ2n) is 6.18. The van der Waals surface area contributed by atoms with Gasteiger partial charge < -0.3 is 9.47 Å². The molecular weight excluding hydrogens is 262 g/mol. The SMILES string of the molecule is N#Cc1ccc(C2CCC(C3COCCCO3)CC2)cc1. The molecule has 0 spiro atoms. The number of benzene rings is 1. The van der Waals surface area contributed by atoms with E-state index < -0.39 is 0 Å². The third-order valence-corrected chi connectivity index (χ3v) is 4.86. The molecule has 1 aromatic rings. The number of ether oxygens (including phenoxy) is 2. The number of nitriles is 1. The molecule has 1 unspecified atom stereocenters.